The molecule has 1 aliphatic rings. The van der Waals surface area contributed by atoms with E-state index in [1.807, 2.05) is 6.92 Å². The summed E-state index contributed by atoms with van der Waals surface area (Å²) >= 11 is 0. The Bertz CT molecular complexity index is 239. The van der Waals surface area contributed by atoms with Crippen molar-refractivity contribution in [3.63, 3.8) is 0 Å². The van der Waals surface area contributed by atoms with E-state index in [1.54, 1.807) is 0 Å². The van der Waals surface area contributed by atoms with Crippen molar-refractivity contribution in [2.75, 3.05) is 32.7 Å². The van der Waals surface area contributed by atoms with Crippen LogP contribution in [0.2, 0.25) is 0 Å². The van der Waals surface area contributed by atoms with Gasteiger partial charge in [0.1, 0.15) is 0 Å². The van der Waals surface area contributed by atoms with Crippen molar-refractivity contribution in [2.24, 2.45) is 5.92 Å². The summed E-state index contributed by atoms with van der Waals surface area (Å²) in [5.41, 5.74) is 0. The number of rotatable bonds is 7. The van der Waals surface area contributed by atoms with Crippen molar-refractivity contribution in [3.05, 3.63) is 0 Å². The van der Waals surface area contributed by atoms with E-state index in [4.69, 9.17) is 0 Å². The third kappa shape index (κ3) is 4.94. The molecule has 0 aromatic carbocycles. The number of piperidine rings is 1. The maximum Gasteiger partial charge on any atom is 0.237 e. The van der Waals surface area contributed by atoms with Gasteiger partial charge in [-0.05, 0) is 51.7 Å². The molecule has 1 aliphatic heterocycles. The molecular formula is C14H29N3O. The lowest BCUT2D eigenvalue weighted by Gasteiger charge is -2.32. The van der Waals surface area contributed by atoms with Crippen molar-refractivity contribution in [2.45, 2.75) is 46.1 Å². The maximum atomic E-state index is 12.0. The van der Waals surface area contributed by atoms with Crippen LogP contribution in [0.25, 0.3) is 0 Å². The second-order valence-electron chi connectivity index (χ2n) is 5.25. The zero-order valence-corrected chi connectivity index (χ0v) is 12.2. The highest BCUT2D eigenvalue weighted by atomic mass is 16.2. The first-order valence-electron chi connectivity index (χ1n) is 7.41. The third-order valence-corrected chi connectivity index (χ3v) is 3.83. The molecular weight excluding hydrogens is 226 g/mol. The van der Waals surface area contributed by atoms with Gasteiger partial charge in [0.2, 0.25) is 5.91 Å². The summed E-state index contributed by atoms with van der Waals surface area (Å²) in [6.07, 6.45) is 3.47. The largest absolute Gasteiger partial charge is 0.355 e. The van der Waals surface area contributed by atoms with E-state index >= 15 is 0 Å². The lowest BCUT2D eigenvalue weighted by molar-refractivity contribution is -0.126. The normalized spacial score (nSPS) is 18.9. The van der Waals surface area contributed by atoms with Crippen molar-refractivity contribution >= 4 is 5.91 Å². The van der Waals surface area contributed by atoms with Crippen LogP contribution in [-0.4, -0.2) is 49.6 Å². The first-order chi connectivity index (χ1) is 8.69. The molecule has 0 bridgehead atoms. The number of nitrogens with zero attached hydrogens (tertiary/aromatic N) is 1. The third-order valence-electron chi connectivity index (χ3n) is 3.83. The van der Waals surface area contributed by atoms with Gasteiger partial charge < -0.3 is 10.6 Å². The molecule has 4 nitrogen and oxygen atoms in total. The highest BCUT2D eigenvalue weighted by molar-refractivity contribution is 5.81. The van der Waals surface area contributed by atoms with Gasteiger partial charge in [-0.2, -0.15) is 0 Å². The molecule has 0 spiro atoms. The van der Waals surface area contributed by atoms with Crippen LogP contribution in [0.4, 0.5) is 0 Å². The fourth-order valence-corrected chi connectivity index (χ4v) is 2.52. The molecule has 4 heteroatoms. The van der Waals surface area contributed by atoms with Gasteiger partial charge in [-0.1, -0.05) is 13.8 Å². The minimum Gasteiger partial charge on any atom is -0.355 e. The summed E-state index contributed by atoms with van der Waals surface area (Å²) in [5.74, 6) is 0.917. The topological polar surface area (TPSA) is 44.4 Å². The SMILES string of the molecule is CCCNC(=O)C(C)N(CC)CC1CCNCC1. The fraction of sp³-hybridized carbons (Fsp3) is 0.929. The Hall–Kier alpha value is -0.610. The molecule has 18 heavy (non-hydrogen) atoms. The zero-order chi connectivity index (χ0) is 13.4. The maximum absolute atomic E-state index is 12.0. The first kappa shape index (κ1) is 15.4. The summed E-state index contributed by atoms with van der Waals surface area (Å²) < 4.78 is 0. The Morgan fingerprint density at radius 3 is 2.61 bits per heavy atom. The van der Waals surface area contributed by atoms with Gasteiger partial charge in [-0.25, -0.2) is 0 Å². The molecule has 0 radical (unpaired) electrons. The average molecular weight is 255 g/mol. The van der Waals surface area contributed by atoms with Crippen LogP contribution < -0.4 is 10.6 Å². The number of likely N-dealkylation sites (N-methyl/N-ethyl adjacent to an activating group) is 1. The Labute approximate surface area is 111 Å². The minimum absolute atomic E-state index is 0.00330. The van der Waals surface area contributed by atoms with Crippen LogP contribution in [0, 0.1) is 5.92 Å². The Balaban J connectivity index is 2.40. The van der Waals surface area contributed by atoms with Crippen LogP contribution in [0.15, 0.2) is 0 Å². The van der Waals surface area contributed by atoms with E-state index in [0.717, 1.165) is 45.1 Å². The lowest BCUT2D eigenvalue weighted by Crippen LogP contribution is -2.48. The predicted molar refractivity (Wildman–Crippen MR) is 75.6 cm³/mol. The van der Waals surface area contributed by atoms with Gasteiger partial charge in [0, 0.05) is 13.1 Å². The number of amides is 1. The van der Waals surface area contributed by atoms with E-state index in [9.17, 15) is 4.79 Å². The van der Waals surface area contributed by atoms with Crippen LogP contribution in [0.5, 0.6) is 0 Å². The molecule has 0 aromatic heterocycles. The molecule has 1 fully saturated rings. The number of carbonyl (C=O) groups is 1. The van der Waals surface area contributed by atoms with E-state index in [2.05, 4.69) is 29.4 Å². The highest BCUT2D eigenvalue weighted by Gasteiger charge is 2.23. The molecule has 1 atom stereocenters. The summed E-state index contributed by atoms with van der Waals surface area (Å²) in [5, 5.41) is 6.38. The van der Waals surface area contributed by atoms with Gasteiger partial charge in [0.15, 0.2) is 0 Å². The molecule has 1 amide bonds. The Morgan fingerprint density at radius 1 is 1.39 bits per heavy atom. The number of hydrogen-bond acceptors (Lipinski definition) is 3. The van der Waals surface area contributed by atoms with E-state index in [-0.39, 0.29) is 11.9 Å². The zero-order valence-electron chi connectivity index (χ0n) is 12.2. The smallest absolute Gasteiger partial charge is 0.237 e. The van der Waals surface area contributed by atoms with E-state index < -0.39 is 0 Å². The predicted octanol–water partition coefficient (Wildman–Crippen LogP) is 1.22. The molecule has 0 aliphatic carbocycles. The quantitative estimate of drug-likeness (QED) is 0.719. The summed E-state index contributed by atoms with van der Waals surface area (Å²) in [7, 11) is 0. The molecule has 0 aromatic rings. The Kier molecular flexibility index (Phi) is 7.28. The van der Waals surface area contributed by atoms with Gasteiger partial charge >= 0.3 is 0 Å². The van der Waals surface area contributed by atoms with Gasteiger partial charge in [-0.3, -0.25) is 9.69 Å². The van der Waals surface area contributed by atoms with Gasteiger partial charge in [0.25, 0.3) is 0 Å². The summed E-state index contributed by atoms with van der Waals surface area (Å²) in [6, 6.07) is -0.00330. The molecule has 1 saturated heterocycles. The second kappa shape index (κ2) is 8.48. The fourth-order valence-electron chi connectivity index (χ4n) is 2.52. The van der Waals surface area contributed by atoms with Crippen LogP contribution in [-0.2, 0) is 4.79 Å². The summed E-state index contributed by atoms with van der Waals surface area (Å²) in [6.45, 7) is 11.3. The van der Waals surface area contributed by atoms with Crippen LogP contribution in [0.1, 0.15) is 40.0 Å². The molecule has 1 rings (SSSR count). The molecule has 0 saturated carbocycles. The monoisotopic (exact) mass is 255 g/mol. The second-order valence-corrected chi connectivity index (χ2v) is 5.25. The van der Waals surface area contributed by atoms with Crippen molar-refractivity contribution in [1.82, 2.24) is 15.5 Å². The highest BCUT2D eigenvalue weighted by Crippen LogP contribution is 2.15. The molecule has 2 N–H and O–H groups in total. The van der Waals surface area contributed by atoms with Crippen molar-refractivity contribution < 1.29 is 4.79 Å². The Morgan fingerprint density at radius 2 is 2.06 bits per heavy atom. The van der Waals surface area contributed by atoms with E-state index in [0.29, 0.717) is 0 Å². The number of hydrogen-bond donors (Lipinski definition) is 2. The van der Waals surface area contributed by atoms with Gasteiger partial charge in [0.05, 0.1) is 6.04 Å². The first-order valence-corrected chi connectivity index (χ1v) is 7.41. The number of nitrogens with one attached hydrogen (secondary N) is 2. The average Bonchev–Trinajstić information content (AvgIpc) is 2.42. The summed E-state index contributed by atoms with van der Waals surface area (Å²) in [4.78, 5) is 14.3. The van der Waals surface area contributed by atoms with Crippen LogP contribution >= 0.6 is 0 Å². The minimum atomic E-state index is -0.00330. The molecule has 106 valence electrons. The number of carbonyl (C=O) groups excluding carboxylic acids is 1. The molecule has 1 unspecified atom stereocenters. The van der Waals surface area contributed by atoms with E-state index in [1.165, 1.54) is 12.8 Å². The van der Waals surface area contributed by atoms with Crippen molar-refractivity contribution in [3.8, 4) is 0 Å². The lowest BCUT2D eigenvalue weighted by atomic mass is 9.97. The van der Waals surface area contributed by atoms with Crippen LogP contribution in [0.3, 0.4) is 0 Å². The molecule has 1 heterocycles. The van der Waals surface area contributed by atoms with Crippen molar-refractivity contribution in [1.29, 1.82) is 0 Å². The van der Waals surface area contributed by atoms with Gasteiger partial charge in [-0.15, -0.1) is 0 Å². The standard InChI is InChI=1S/C14H29N3O/c1-4-8-16-14(18)12(3)17(5-2)11-13-6-9-15-10-7-13/h12-13,15H,4-11H2,1-3H3,(H,16,18).